The van der Waals surface area contributed by atoms with Crippen molar-refractivity contribution in [2.75, 3.05) is 33.3 Å². The minimum Gasteiger partial charge on any atom is -0.497 e. The Hall–Kier alpha value is -3.54. The third kappa shape index (κ3) is 5.64. The quantitative estimate of drug-likeness (QED) is 0.363. The van der Waals surface area contributed by atoms with Crippen molar-refractivity contribution in [3.63, 3.8) is 0 Å². The number of carbonyl (C=O) groups excluding carboxylic acids is 2. The number of benzene rings is 2. The summed E-state index contributed by atoms with van der Waals surface area (Å²) < 4.78 is 7.58. The number of carbonyl (C=O) groups is 2. The zero-order valence-corrected chi connectivity index (χ0v) is 21.7. The fraction of sp³-hybridized carbons (Fsp3) is 0.400. The van der Waals surface area contributed by atoms with Crippen LogP contribution in [0.1, 0.15) is 55.1 Å². The van der Waals surface area contributed by atoms with Gasteiger partial charge < -0.3 is 19.1 Å². The molecule has 3 aromatic rings. The van der Waals surface area contributed by atoms with Crippen LogP contribution in [0.15, 0.2) is 60.7 Å². The van der Waals surface area contributed by atoms with E-state index in [0.29, 0.717) is 38.2 Å². The van der Waals surface area contributed by atoms with Gasteiger partial charge in [-0.15, -0.1) is 0 Å². The van der Waals surface area contributed by atoms with Gasteiger partial charge in [-0.25, -0.2) is 0 Å². The fourth-order valence-corrected chi connectivity index (χ4v) is 4.92. The van der Waals surface area contributed by atoms with Crippen LogP contribution in [0.3, 0.4) is 0 Å². The summed E-state index contributed by atoms with van der Waals surface area (Å²) in [5.41, 5.74) is 4.53. The molecule has 0 bridgehead atoms. The van der Waals surface area contributed by atoms with E-state index in [-0.39, 0.29) is 11.8 Å². The summed E-state index contributed by atoms with van der Waals surface area (Å²) in [6, 6.07) is 20.0. The number of amides is 2. The number of hydrogen-bond donors (Lipinski definition) is 0. The number of methoxy groups -OCH3 is 1. The number of nitrogens with zero attached hydrogens (tertiary/aromatic N) is 3. The summed E-state index contributed by atoms with van der Waals surface area (Å²) in [7, 11) is 1.66. The molecule has 1 fully saturated rings. The van der Waals surface area contributed by atoms with Crippen LogP contribution in [0.2, 0.25) is 0 Å². The smallest absolute Gasteiger partial charge is 0.255 e. The molecule has 4 rings (SSSR count). The van der Waals surface area contributed by atoms with Crippen LogP contribution < -0.4 is 4.74 Å². The van der Waals surface area contributed by atoms with Crippen LogP contribution in [0, 0.1) is 6.92 Å². The summed E-state index contributed by atoms with van der Waals surface area (Å²) in [4.78, 5) is 30.1. The van der Waals surface area contributed by atoms with Crippen molar-refractivity contribution >= 4 is 11.8 Å². The van der Waals surface area contributed by atoms with E-state index < -0.39 is 0 Å². The van der Waals surface area contributed by atoms with Crippen molar-refractivity contribution in [2.24, 2.45) is 0 Å². The molecule has 6 nitrogen and oxygen atoms in total. The molecule has 190 valence electrons. The predicted octanol–water partition coefficient (Wildman–Crippen LogP) is 5.72. The minimum absolute atomic E-state index is 0.0152. The van der Waals surface area contributed by atoms with E-state index in [0.717, 1.165) is 41.2 Å². The molecule has 0 saturated carbocycles. The molecule has 1 saturated heterocycles. The summed E-state index contributed by atoms with van der Waals surface area (Å²) in [6.45, 7) is 6.48. The first kappa shape index (κ1) is 25.5. The van der Waals surface area contributed by atoms with Crippen LogP contribution >= 0.6 is 0 Å². The van der Waals surface area contributed by atoms with E-state index in [1.165, 1.54) is 12.8 Å². The Bertz CT molecular complexity index is 1180. The third-order valence-corrected chi connectivity index (χ3v) is 7.02. The zero-order valence-electron chi connectivity index (χ0n) is 21.7. The molecule has 1 aromatic heterocycles. The Balaban J connectivity index is 1.55. The van der Waals surface area contributed by atoms with Gasteiger partial charge >= 0.3 is 0 Å². The van der Waals surface area contributed by atoms with E-state index >= 15 is 0 Å². The fourth-order valence-electron chi connectivity index (χ4n) is 4.92. The van der Waals surface area contributed by atoms with Gasteiger partial charge in [-0.1, -0.05) is 62.6 Å². The van der Waals surface area contributed by atoms with Crippen LogP contribution in [0.5, 0.6) is 5.75 Å². The molecule has 0 N–H and O–H groups in total. The van der Waals surface area contributed by atoms with Gasteiger partial charge in [0, 0.05) is 50.0 Å². The maximum Gasteiger partial charge on any atom is 0.255 e. The molecule has 2 amide bonds. The second-order valence-electron chi connectivity index (χ2n) is 9.42. The molecule has 6 heteroatoms. The van der Waals surface area contributed by atoms with Crippen molar-refractivity contribution in [1.82, 2.24) is 14.4 Å². The SMILES string of the molecule is CCCCCCC(=O)N1CCN(C(=O)c2cc(-c3ccccc3)n(-c3cccc(OC)c3)c2C)CC1. The van der Waals surface area contributed by atoms with Gasteiger partial charge in [-0.2, -0.15) is 0 Å². The highest BCUT2D eigenvalue weighted by molar-refractivity contribution is 5.97. The molecular formula is C30H37N3O3. The molecule has 2 heterocycles. The highest BCUT2D eigenvalue weighted by Crippen LogP contribution is 2.31. The maximum absolute atomic E-state index is 13.7. The van der Waals surface area contributed by atoms with E-state index in [1.54, 1.807) is 7.11 Å². The average molecular weight is 488 g/mol. The second-order valence-corrected chi connectivity index (χ2v) is 9.42. The van der Waals surface area contributed by atoms with E-state index in [1.807, 2.05) is 65.3 Å². The molecule has 0 aliphatic carbocycles. The molecule has 0 spiro atoms. The topological polar surface area (TPSA) is 54.8 Å². The van der Waals surface area contributed by atoms with Gasteiger partial charge in [0.15, 0.2) is 0 Å². The van der Waals surface area contributed by atoms with Crippen molar-refractivity contribution in [3.05, 3.63) is 71.9 Å². The average Bonchev–Trinajstić information content (AvgIpc) is 3.28. The standard InChI is InChI=1S/C30H37N3O3/c1-4-5-6-10-16-29(34)31-17-19-32(20-18-31)30(35)27-22-28(24-12-8-7-9-13-24)33(23(27)2)25-14-11-15-26(21-25)36-3/h7-9,11-15,21-22H,4-6,10,16-20H2,1-3H3. The lowest BCUT2D eigenvalue weighted by molar-refractivity contribution is -0.132. The summed E-state index contributed by atoms with van der Waals surface area (Å²) >= 11 is 0. The molecular weight excluding hydrogens is 450 g/mol. The Morgan fingerprint density at radius 3 is 2.28 bits per heavy atom. The molecule has 1 aliphatic heterocycles. The number of rotatable bonds is 9. The first-order valence-electron chi connectivity index (χ1n) is 13.0. The highest BCUT2D eigenvalue weighted by atomic mass is 16.5. The number of unbranched alkanes of at least 4 members (excludes halogenated alkanes) is 3. The molecule has 1 aliphatic rings. The monoisotopic (exact) mass is 487 g/mol. The van der Waals surface area contributed by atoms with Crippen LogP contribution in [0.25, 0.3) is 16.9 Å². The first-order chi connectivity index (χ1) is 17.5. The van der Waals surface area contributed by atoms with Gasteiger partial charge in [-0.05, 0) is 37.1 Å². The highest BCUT2D eigenvalue weighted by Gasteiger charge is 2.28. The first-order valence-corrected chi connectivity index (χ1v) is 13.0. The van der Waals surface area contributed by atoms with Gasteiger partial charge in [0.25, 0.3) is 5.91 Å². The number of piperazine rings is 1. The van der Waals surface area contributed by atoms with Gasteiger partial charge in [0.1, 0.15) is 5.75 Å². The van der Waals surface area contributed by atoms with Gasteiger partial charge in [-0.3, -0.25) is 9.59 Å². The number of ether oxygens (including phenoxy) is 1. The van der Waals surface area contributed by atoms with E-state index in [2.05, 4.69) is 23.6 Å². The Morgan fingerprint density at radius 2 is 1.58 bits per heavy atom. The van der Waals surface area contributed by atoms with Crippen LogP contribution in [-0.4, -0.2) is 59.5 Å². The zero-order chi connectivity index (χ0) is 25.5. The van der Waals surface area contributed by atoms with Crippen molar-refractivity contribution in [1.29, 1.82) is 0 Å². The predicted molar refractivity (Wildman–Crippen MR) is 144 cm³/mol. The lowest BCUT2D eigenvalue weighted by atomic mass is 10.1. The lowest BCUT2D eigenvalue weighted by Crippen LogP contribution is -2.50. The van der Waals surface area contributed by atoms with Crippen molar-refractivity contribution < 1.29 is 14.3 Å². The largest absolute Gasteiger partial charge is 0.497 e. The molecule has 0 unspecified atom stereocenters. The number of hydrogen-bond acceptors (Lipinski definition) is 3. The van der Waals surface area contributed by atoms with Gasteiger partial charge in [0.2, 0.25) is 5.91 Å². The Kier molecular flexibility index (Phi) is 8.47. The third-order valence-electron chi connectivity index (χ3n) is 7.02. The van der Waals surface area contributed by atoms with Crippen molar-refractivity contribution in [2.45, 2.75) is 46.0 Å². The van der Waals surface area contributed by atoms with Crippen molar-refractivity contribution in [3.8, 4) is 22.7 Å². The molecule has 0 atom stereocenters. The Morgan fingerprint density at radius 1 is 0.861 bits per heavy atom. The van der Waals surface area contributed by atoms with Gasteiger partial charge in [0.05, 0.1) is 18.4 Å². The molecule has 2 aromatic carbocycles. The summed E-state index contributed by atoms with van der Waals surface area (Å²) in [6.07, 6.45) is 5.01. The maximum atomic E-state index is 13.7. The van der Waals surface area contributed by atoms with Crippen LogP contribution in [-0.2, 0) is 4.79 Å². The lowest BCUT2D eigenvalue weighted by Gasteiger charge is -2.35. The summed E-state index contributed by atoms with van der Waals surface area (Å²) in [5.74, 6) is 0.995. The molecule has 0 radical (unpaired) electrons. The minimum atomic E-state index is 0.0152. The van der Waals surface area contributed by atoms with E-state index in [4.69, 9.17) is 4.74 Å². The number of aromatic nitrogens is 1. The second kappa shape index (κ2) is 11.9. The molecule has 36 heavy (non-hydrogen) atoms. The normalized spacial score (nSPS) is 13.6. The Labute approximate surface area is 214 Å². The van der Waals surface area contributed by atoms with E-state index in [9.17, 15) is 9.59 Å². The summed E-state index contributed by atoms with van der Waals surface area (Å²) in [5, 5.41) is 0. The van der Waals surface area contributed by atoms with Crippen LogP contribution in [0.4, 0.5) is 0 Å².